The van der Waals surface area contributed by atoms with Gasteiger partial charge in [0.1, 0.15) is 5.82 Å². The minimum Gasteiger partial charge on any atom is -0.393 e. The summed E-state index contributed by atoms with van der Waals surface area (Å²) >= 11 is 0. The smallest absolute Gasteiger partial charge is 0.130 e. The van der Waals surface area contributed by atoms with Crippen molar-refractivity contribution < 1.29 is 9.50 Å². The highest BCUT2D eigenvalue weighted by Crippen LogP contribution is 2.30. The Bertz CT molecular complexity index is 403. The van der Waals surface area contributed by atoms with Crippen LogP contribution in [0.25, 0.3) is 0 Å². The average molecular weight is 252 g/mol. The number of nitrogens with one attached hydrogen (secondary N) is 1. The van der Waals surface area contributed by atoms with Gasteiger partial charge in [0, 0.05) is 30.4 Å². The van der Waals surface area contributed by atoms with Crippen LogP contribution in [-0.2, 0) is 0 Å². The Hall–Kier alpha value is -1.13. The van der Waals surface area contributed by atoms with Crippen LogP contribution in [0.15, 0.2) is 18.2 Å². The molecule has 2 N–H and O–H groups in total. The van der Waals surface area contributed by atoms with E-state index in [9.17, 15) is 9.50 Å². The van der Waals surface area contributed by atoms with E-state index in [1.807, 2.05) is 20.0 Å². The van der Waals surface area contributed by atoms with Crippen molar-refractivity contribution in [3.8, 4) is 0 Å². The Balaban J connectivity index is 2.29. The van der Waals surface area contributed by atoms with Crippen molar-refractivity contribution in [2.24, 2.45) is 0 Å². The lowest BCUT2D eigenvalue weighted by Crippen LogP contribution is -2.37. The summed E-state index contributed by atoms with van der Waals surface area (Å²) in [5.41, 5.74) is 1.67. The summed E-state index contributed by atoms with van der Waals surface area (Å²) in [4.78, 5) is 2.17. The van der Waals surface area contributed by atoms with Gasteiger partial charge in [-0.3, -0.25) is 0 Å². The van der Waals surface area contributed by atoms with Gasteiger partial charge in [-0.25, -0.2) is 4.39 Å². The highest BCUT2D eigenvalue weighted by Gasteiger charge is 2.22. The molecular formula is C14H21FN2O. The number of hydrogen-bond donors (Lipinski definition) is 2. The Morgan fingerprint density at radius 1 is 1.39 bits per heavy atom. The topological polar surface area (TPSA) is 35.5 Å². The van der Waals surface area contributed by atoms with E-state index in [1.54, 1.807) is 6.07 Å². The van der Waals surface area contributed by atoms with Gasteiger partial charge >= 0.3 is 0 Å². The first-order chi connectivity index (χ1) is 8.63. The van der Waals surface area contributed by atoms with Gasteiger partial charge in [-0.2, -0.15) is 0 Å². The molecule has 3 nitrogen and oxygen atoms in total. The van der Waals surface area contributed by atoms with Crippen LogP contribution in [0.3, 0.4) is 0 Å². The van der Waals surface area contributed by atoms with Crippen LogP contribution in [0.5, 0.6) is 0 Å². The molecule has 1 fully saturated rings. The molecule has 1 aliphatic heterocycles. The molecule has 1 atom stereocenters. The maximum absolute atomic E-state index is 14.0. The molecule has 1 heterocycles. The van der Waals surface area contributed by atoms with Crippen LogP contribution in [-0.4, -0.2) is 31.3 Å². The summed E-state index contributed by atoms with van der Waals surface area (Å²) in [5, 5.41) is 12.6. The molecule has 1 aromatic carbocycles. The van der Waals surface area contributed by atoms with Gasteiger partial charge in [0.15, 0.2) is 0 Å². The second kappa shape index (κ2) is 5.67. The Labute approximate surface area is 108 Å². The summed E-state index contributed by atoms with van der Waals surface area (Å²) in [7, 11) is 1.83. The average Bonchev–Trinajstić information content (AvgIpc) is 2.38. The van der Waals surface area contributed by atoms with Gasteiger partial charge in [0.05, 0.1) is 6.10 Å². The molecule has 0 radical (unpaired) electrons. The molecule has 0 amide bonds. The molecule has 2 rings (SSSR count). The van der Waals surface area contributed by atoms with Crippen LogP contribution in [0.1, 0.15) is 31.4 Å². The van der Waals surface area contributed by atoms with Crippen molar-refractivity contribution in [2.45, 2.75) is 31.9 Å². The van der Waals surface area contributed by atoms with E-state index < -0.39 is 0 Å². The van der Waals surface area contributed by atoms with Gasteiger partial charge in [-0.05, 0) is 38.9 Å². The normalized spacial score (nSPS) is 19.0. The van der Waals surface area contributed by atoms with Crippen LogP contribution < -0.4 is 10.2 Å². The molecule has 18 heavy (non-hydrogen) atoms. The zero-order chi connectivity index (χ0) is 13.1. The van der Waals surface area contributed by atoms with E-state index in [0.29, 0.717) is 0 Å². The van der Waals surface area contributed by atoms with Gasteiger partial charge in [0.2, 0.25) is 0 Å². The SMILES string of the molecule is CNC(C)c1c(F)cccc1N1CCC(O)CC1. The van der Waals surface area contributed by atoms with E-state index in [-0.39, 0.29) is 18.0 Å². The molecule has 0 bridgehead atoms. The third-order valence-corrected chi connectivity index (χ3v) is 3.70. The van der Waals surface area contributed by atoms with Crippen LogP contribution in [0, 0.1) is 5.82 Å². The molecule has 4 heteroatoms. The second-order valence-corrected chi connectivity index (χ2v) is 4.90. The van der Waals surface area contributed by atoms with Crippen molar-refractivity contribution in [3.63, 3.8) is 0 Å². The summed E-state index contributed by atoms with van der Waals surface area (Å²) in [6, 6.07) is 5.20. The number of aliphatic hydroxyl groups excluding tert-OH is 1. The minimum atomic E-state index is -0.208. The predicted octanol–water partition coefficient (Wildman–Crippen LogP) is 2.07. The standard InChI is InChI=1S/C14H21FN2O/c1-10(16-2)14-12(15)4-3-5-13(14)17-8-6-11(18)7-9-17/h3-5,10-11,16,18H,6-9H2,1-2H3. The molecule has 0 saturated carbocycles. The largest absolute Gasteiger partial charge is 0.393 e. The number of rotatable bonds is 3. The zero-order valence-corrected chi connectivity index (χ0v) is 11.0. The summed E-state index contributed by atoms with van der Waals surface area (Å²) < 4.78 is 14.0. The molecule has 1 aliphatic rings. The fourth-order valence-corrected chi connectivity index (χ4v) is 2.48. The van der Waals surface area contributed by atoms with Gasteiger partial charge < -0.3 is 15.3 Å². The van der Waals surface area contributed by atoms with Gasteiger partial charge in [0.25, 0.3) is 0 Å². The third-order valence-electron chi connectivity index (χ3n) is 3.70. The monoisotopic (exact) mass is 252 g/mol. The molecule has 1 unspecified atom stereocenters. The molecule has 0 aromatic heterocycles. The lowest BCUT2D eigenvalue weighted by Gasteiger charge is -2.34. The number of aliphatic hydroxyl groups is 1. The minimum absolute atomic E-state index is 0.0203. The number of piperidine rings is 1. The number of nitrogens with zero attached hydrogens (tertiary/aromatic N) is 1. The van der Waals surface area contributed by atoms with Crippen molar-refractivity contribution in [2.75, 3.05) is 25.0 Å². The number of benzene rings is 1. The first-order valence-electron chi connectivity index (χ1n) is 6.52. The molecular weight excluding hydrogens is 231 g/mol. The molecule has 0 aliphatic carbocycles. The Morgan fingerprint density at radius 3 is 2.67 bits per heavy atom. The fraction of sp³-hybridized carbons (Fsp3) is 0.571. The summed E-state index contributed by atoms with van der Waals surface area (Å²) in [6.45, 7) is 3.53. The zero-order valence-electron chi connectivity index (χ0n) is 11.0. The number of anilines is 1. The first-order valence-corrected chi connectivity index (χ1v) is 6.52. The molecule has 0 spiro atoms. The van der Waals surface area contributed by atoms with E-state index in [2.05, 4.69) is 10.2 Å². The molecule has 100 valence electrons. The number of hydrogen-bond acceptors (Lipinski definition) is 3. The lowest BCUT2D eigenvalue weighted by molar-refractivity contribution is 0.145. The molecule has 1 aromatic rings. The van der Waals surface area contributed by atoms with E-state index >= 15 is 0 Å². The first kappa shape index (κ1) is 13.3. The van der Waals surface area contributed by atoms with E-state index in [0.717, 1.165) is 37.2 Å². The lowest BCUT2D eigenvalue weighted by atomic mass is 10.0. The van der Waals surface area contributed by atoms with Crippen LogP contribution in [0.4, 0.5) is 10.1 Å². The quantitative estimate of drug-likeness (QED) is 0.864. The van der Waals surface area contributed by atoms with Crippen molar-refractivity contribution in [3.05, 3.63) is 29.6 Å². The number of halogens is 1. The second-order valence-electron chi connectivity index (χ2n) is 4.90. The van der Waals surface area contributed by atoms with Crippen molar-refractivity contribution in [1.82, 2.24) is 5.32 Å². The van der Waals surface area contributed by atoms with E-state index in [4.69, 9.17) is 0 Å². The maximum atomic E-state index is 14.0. The van der Waals surface area contributed by atoms with Crippen molar-refractivity contribution in [1.29, 1.82) is 0 Å². The Kier molecular flexibility index (Phi) is 4.19. The van der Waals surface area contributed by atoms with E-state index in [1.165, 1.54) is 6.07 Å². The maximum Gasteiger partial charge on any atom is 0.130 e. The van der Waals surface area contributed by atoms with Crippen molar-refractivity contribution >= 4 is 5.69 Å². The Morgan fingerprint density at radius 2 is 2.06 bits per heavy atom. The summed E-state index contributed by atoms with van der Waals surface area (Å²) in [5.74, 6) is -0.166. The highest BCUT2D eigenvalue weighted by molar-refractivity contribution is 5.55. The predicted molar refractivity (Wildman–Crippen MR) is 71.3 cm³/mol. The van der Waals surface area contributed by atoms with Gasteiger partial charge in [-0.15, -0.1) is 0 Å². The highest BCUT2D eigenvalue weighted by atomic mass is 19.1. The summed E-state index contributed by atoms with van der Waals surface area (Å²) in [6.07, 6.45) is 1.30. The van der Waals surface area contributed by atoms with Gasteiger partial charge in [-0.1, -0.05) is 6.07 Å². The molecule has 1 saturated heterocycles. The fourth-order valence-electron chi connectivity index (χ4n) is 2.48. The third kappa shape index (κ3) is 2.65. The van der Waals surface area contributed by atoms with Crippen LogP contribution in [0.2, 0.25) is 0 Å². The van der Waals surface area contributed by atoms with Crippen LogP contribution >= 0.6 is 0 Å².